The Balaban J connectivity index is 1.54. The smallest absolute Gasteiger partial charge is 0.293 e. The van der Waals surface area contributed by atoms with Crippen LogP contribution in [0.15, 0.2) is 60.3 Å². The average molecular weight is 395 g/mol. The van der Waals surface area contributed by atoms with Crippen LogP contribution in [0.3, 0.4) is 0 Å². The zero-order chi connectivity index (χ0) is 19.3. The van der Waals surface area contributed by atoms with E-state index in [0.29, 0.717) is 18.0 Å². The van der Waals surface area contributed by atoms with E-state index in [1.165, 1.54) is 5.57 Å². The highest BCUT2D eigenvalue weighted by atomic mass is 35.5. The third-order valence-electron chi connectivity index (χ3n) is 4.66. The number of benzene rings is 2. The third-order valence-corrected chi connectivity index (χ3v) is 4.89. The second-order valence-corrected chi connectivity index (χ2v) is 7.12. The van der Waals surface area contributed by atoms with Gasteiger partial charge in [0, 0.05) is 23.6 Å². The number of hydrogen-bond donors (Lipinski definition) is 1. The lowest BCUT2D eigenvalue weighted by Gasteiger charge is -2.27. The van der Waals surface area contributed by atoms with Crippen LogP contribution in [0.4, 0.5) is 11.5 Å². The first-order chi connectivity index (χ1) is 13.7. The summed E-state index contributed by atoms with van der Waals surface area (Å²) < 4.78 is 6.79. The molecule has 1 aliphatic carbocycles. The molecule has 28 heavy (non-hydrogen) atoms. The highest BCUT2D eigenvalue weighted by Gasteiger charge is 2.24. The van der Waals surface area contributed by atoms with Crippen molar-refractivity contribution >= 4 is 35.7 Å². The maximum absolute atomic E-state index is 10.4. The molecule has 0 spiro atoms. The fourth-order valence-electron chi connectivity index (χ4n) is 3.17. The number of rotatable bonds is 7. The normalized spacial score (nSPS) is 15.6. The van der Waals surface area contributed by atoms with Crippen LogP contribution in [0, 0.1) is 0 Å². The SMILES string of the molecule is O=COC1CC(=Cc2cc(Cl)ccc2Nc2cnnn2Cc2ccccc2)C1. The number of hydrogen-bond acceptors (Lipinski definition) is 5. The number of carbonyl (C=O) groups excluding carboxylic acids is 1. The summed E-state index contributed by atoms with van der Waals surface area (Å²) in [6, 6.07) is 15.8. The Morgan fingerprint density at radius 1 is 1.21 bits per heavy atom. The van der Waals surface area contributed by atoms with Crippen LogP contribution >= 0.6 is 11.6 Å². The number of aromatic nitrogens is 3. The average Bonchev–Trinajstić information content (AvgIpc) is 3.09. The molecule has 1 saturated carbocycles. The van der Waals surface area contributed by atoms with E-state index in [1.807, 2.05) is 41.1 Å². The van der Waals surface area contributed by atoms with Gasteiger partial charge in [0.15, 0.2) is 0 Å². The molecule has 0 unspecified atom stereocenters. The Morgan fingerprint density at radius 3 is 2.82 bits per heavy atom. The van der Waals surface area contributed by atoms with Gasteiger partial charge in [-0.15, -0.1) is 5.10 Å². The Kier molecular flexibility index (Phi) is 5.39. The maximum atomic E-state index is 10.4. The zero-order valence-electron chi connectivity index (χ0n) is 15.1. The van der Waals surface area contributed by atoms with E-state index in [4.69, 9.17) is 16.3 Å². The van der Waals surface area contributed by atoms with Crippen molar-refractivity contribution in [2.24, 2.45) is 0 Å². The van der Waals surface area contributed by atoms with Gasteiger partial charge in [0.1, 0.15) is 11.9 Å². The van der Waals surface area contributed by atoms with E-state index in [0.717, 1.165) is 35.5 Å². The van der Waals surface area contributed by atoms with Gasteiger partial charge in [-0.2, -0.15) is 0 Å². The summed E-state index contributed by atoms with van der Waals surface area (Å²) in [5.74, 6) is 0.793. The standard InChI is InChI=1S/C21H19ClN4O2/c22-18-6-7-20(17(11-18)8-16-9-19(10-16)28-14-27)24-21-12-23-25-26(21)13-15-4-2-1-3-5-15/h1-8,11-12,14,19,24H,9-10,13H2. The summed E-state index contributed by atoms with van der Waals surface area (Å²) >= 11 is 6.20. The lowest BCUT2D eigenvalue weighted by molar-refractivity contribution is -0.135. The molecule has 0 radical (unpaired) electrons. The molecule has 7 heteroatoms. The highest BCUT2D eigenvalue weighted by molar-refractivity contribution is 6.30. The number of nitrogens with zero attached hydrogens (tertiary/aromatic N) is 3. The minimum atomic E-state index is -0.0177. The fourth-order valence-corrected chi connectivity index (χ4v) is 3.35. The summed E-state index contributed by atoms with van der Waals surface area (Å²) in [6.07, 6.45) is 5.27. The second kappa shape index (κ2) is 8.27. The number of nitrogens with one attached hydrogen (secondary N) is 1. The summed E-state index contributed by atoms with van der Waals surface area (Å²) in [7, 11) is 0. The highest BCUT2D eigenvalue weighted by Crippen LogP contribution is 2.33. The Bertz CT molecular complexity index is 993. The van der Waals surface area contributed by atoms with E-state index in [9.17, 15) is 4.79 Å². The molecule has 6 nitrogen and oxygen atoms in total. The molecular formula is C21H19ClN4O2. The predicted octanol–water partition coefficient (Wildman–Crippen LogP) is 4.44. The Labute approximate surface area is 167 Å². The molecule has 2 aromatic carbocycles. The molecule has 1 heterocycles. The van der Waals surface area contributed by atoms with Crippen molar-refractivity contribution in [3.05, 3.63) is 76.5 Å². The summed E-state index contributed by atoms with van der Waals surface area (Å²) in [6.45, 7) is 1.13. The van der Waals surface area contributed by atoms with Crippen molar-refractivity contribution in [1.29, 1.82) is 0 Å². The summed E-state index contributed by atoms with van der Waals surface area (Å²) in [5.41, 5.74) is 4.24. The van der Waals surface area contributed by atoms with Crippen LogP contribution in [-0.2, 0) is 16.1 Å². The van der Waals surface area contributed by atoms with Gasteiger partial charge in [0.2, 0.25) is 0 Å². The van der Waals surface area contributed by atoms with E-state index in [1.54, 1.807) is 6.20 Å². The molecule has 1 aromatic heterocycles. The molecule has 3 aromatic rings. The van der Waals surface area contributed by atoms with Crippen molar-refractivity contribution in [2.75, 3.05) is 5.32 Å². The summed E-state index contributed by atoms with van der Waals surface area (Å²) in [5, 5.41) is 12.3. The molecule has 0 atom stereocenters. The maximum Gasteiger partial charge on any atom is 0.293 e. The van der Waals surface area contributed by atoms with E-state index >= 15 is 0 Å². The zero-order valence-corrected chi connectivity index (χ0v) is 15.8. The number of carbonyl (C=O) groups is 1. The van der Waals surface area contributed by atoms with Crippen molar-refractivity contribution in [1.82, 2.24) is 15.0 Å². The van der Waals surface area contributed by atoms with Crippen molar-refractivity contribution in [3.8, 4) is 0 Å². The van der Waals surface area contributed by atoms with Gasteiger partial charge >= 0.3 is 0 Å². The van der Waals surface area contributed by atoms with Gasteiger partial charge in [-0.3, -0.25) is 4.79 Å². The van der Waals surface area contributed by atoms with Gasteiger partial charge in [-0.1, -0.05) is 58.8 Å². The van der Waals surface area contributed by atoms with Crippen LogP contribution in [0.1, 0.15) is 24.0 Å². The molecule has 142 valence electrons. The lowest BCUT2D eigenvalue weighted by atomic mass is 9.87. The van der Waals surface area contributed by atoms with Crippen molar-refractivity contribution in [3.63, 3.8) is 0 Å². The van der Waals surface area contributed by atoms with Gasteiger partial charge in [0.05, 0.1) is 12.7 Å². The number of anilines is 2. The molecular weight excluding hydrogens is 376 g/mol. The molecule has 1 aliphatic rings. The molecule has 1 N–H and O–H groups in total. The van der Waals surface area contributed by atoms with Gasteiger partial charge in [-0.25, -0.2) is 4.68 Å². The van der Waals surface area contributed by atoms with E-state index in [-0.39, 0.29) is 6.10 Å². The van der Waals surface area contributed by atoms with Crippen LogP contribution in [0.2, 0.25) is 5.02 Å². The molecule has 0 saturated heterocycles. The van der Waals surface area contributed by atoms with Crippen LogP contribution < -0.4 is 5.32 Å². The first-order valence-electron chi connectivity index (χ1n) is 8.99. The van der Waals surface area contributed by atoms with Crippen LogP contribution in [0.25, 0.3) is 6.08 Å². The Hall–Kier alpha value is -3.12. The molecule has 0 amide bonds. The minimum absolute atomic E-state index is 0.0177. The van der Waals surface area contributed by atoms with Gasteiger partial charge in [0.25, 0.3) is 6.47 Å². The van der Waals surface area contributed by atoms with E-state index in [2.05, 4.69) is 33.8 Å². The van der Waals surface area contributed by atoms with Gasteiger partial charge < -0.3 is 10.1 Å². The second-order valence-electron chi connectivity index (χ2n) is 6.68. The van der Waals surface area contributed by atoms with Crippen molar-refractivity contribution in [2.45, 2.75) is 25.5 Å². The first-order valence-corrected chi connectivity index (χ1v) is 9.36. The largest absolute Gasteiger partial charge is 0.464 e. The quantitative estimate of drug-likeness (QED) is 0.600. The predicted molar refractivity (Wildman–Crippen MR) is 108 cm³/mol. The lowest BCUT2D eigenvalue weighted by Crippen LogP contribution is -2.23. The summed E-state index contributed by atoms with van der Waals surface area (Å²) in [4.78, 5) is 10.4. The van der Waals surface area contributed by atoms with Crippen LogP contribution in [0.5, 0.6) is 0 Å². The van der Waals surface area contributed by atoms with Crippen molar-refractivity contribution < 1.29 is 9.53 Å². The number of halogens is 1. The molecule has 0 aliphatic heterocycles. The Morgan fingerprint density at radius 2 is 2.04 bits per heavy atom. The number of ether oxygens (including phenoxy) is 1. The van der Waals surface area contributed by atoms with Crippen LogP contribution in [-0.4, -0.2) is 27.6 Å². The monoisotopic (exact) mass is 394 g/mol. The molecule has 0 bridgehead atoms. The molecule has 1 fully saturated rings. The fraction of sp³-hybridized carbons (Fsp3) is 0.190. The van der Waals surface area contributed by atoms with E-state index < -0.39 is 0 Å². The first kappa shape index (κ1) is 18.3. The molecule has 4 rings (SSSR count). The topological polar surface area (TPSA) is 69.0 Å². The van der Waals surface area contributed by atoms with Gasteiger partial charge in [-0.05, 0) is 29.3 Å². The third kappa shape index (κ3) is 4.23. The minimum Gasteiger partial charge on any atom is -0.464 e.